The van der Waals surface area contributed by atoms with Crippen molar-refractivity contribution < 1.29 is 14.3 Å². The number of benzene rings is 4. The molecule has 0 radical (unpaired) electrons. The molecule has 1 heterocycles. The first kappa shape index (κ1) is 22.9. The van der Waals surface area contributed by atoms with Crippen LogP contribution in [0.1, 0.15) is 21.5 Å². The molecule has 0 atom stereocenters. The van der Waals surface area contributed by atoms with E-state index in [-0.39, 0.29) is 5.91 Å². The standard InChI is InChI=1S/C30H25N3O3/c1-35-28-16-15-22(19-29(28)36-21-24-11-8-10-23-9-2-3-12-25(23)24)20-31-32-30(34)26-13-4-5-14-27(26)33-17-6-7-18-33/h2-20H,21H2,1H3,(H,32,34)/b31-20-. The van der Waals surface area contributed by atoms with Crippen molar-refractivity contribution in [2.45, 2.75) is 6.61 Å². The summed E-state index contributed by atoms with van der Waals surface area (Å²) in [6.07, 6.45) is 5.37. The van der Waals surface area contributed by atoms with Gasteiger partial charge in [-0.05, 0) is 64.4 Å². The number of carbonyl (C=O) groups excluding carboxylic acids is 1. The molecule has 0 saturated carbocycles. The molecular weight excluding hydrogens is 450 g/mol. The third-order valence-electron chi connectivity index (χ3n) is 5.86. The fourth-order valence-electron chi connectivity index (χ4n) is 4.07. The number of amides is 1. The highest BCUT2D eigenvalue weighted by molar-refractivity contribution is 5.98. The fourth-order valence-corrected chi connectivity index (χ4v) is 4.07. The highest BCUT2D eigenvalue weighted by Crippen LogP contribution is 2.29. The first-order valence-corrected chi connectivity index (χ1v) is 11.6. The first-order valence-electron chi connectivity index (χ1n) is 11.6. The van der Waals surface area contributed by atoms with Crippen LogP contribution in [0.5, 0.6) is 11.5 Å². The summed E-state index contributed by atoms with van der Waals surface area (Å²) >= 11 is 0. The quantitative estimate of drug-likeness (QED) is 0.222. The second-order valence-electron chi connectivity index (χ2n) is 8.14. The van der Waals surface area contributed by atoms with Gasteiger partial charge in [-0.2, -0.15) is 5.10 Å². The Kier molecular flexibility index (Phi) is 6.76. The van der Waals surface area contributed by atoms with Gasteiger partial charge in [0, 0.05) is 12.4 Å². The van der Waals surface area contributed by atoms with Crippen molar-refractivity contribution in [1.29, 1.82) is 0 Å². The molecule has 6 nitrogen and oxygen atoms in total. The molecule has 1 N–H and O–H groups in total. The predicted molar refractivity (Wildman–Crippen MR) is 142 cm³/mol. The average Bonchev–Trinajstić information content (AvgIpc) is 3.47. The molecule has 5 aromatic rings. The van der Waals surface area contributed by atoms with Crippen molar-refractivity contribution in [3.63, 3.8) is 0 Å². The van der Waals surface area contributed by atoms with E-state index in [9.17, 15) is 4.79 Å². The molecule has 1 aromatic heterocycles. The molecule has 36 heavy (non-hydrogen) atoms. The summed E-state index contributed by atoms with van der Waals surface area (Å²) in [4.78, 5) is 12.8. The van der Waals surface area contributed by atoms with E-state index in [1.54, 1.807) is 19.4 Å². The molecule has 0 bridgehead atoms. The van der Waals surface area contributed by atoms with Crippen LogP contribution in [0.3, 0.4) is 0 Å². The number of carbonyl (C=O) groups is 1. The summed E-state index contributed by atoms with van der Waals surface area (Å²) in [5, 5.41) is 6.49. The highest BCUT2D eigenvalue weighted by Gasteiger charge is 2.11. The Bertz CT molecular complexity index is 1520. The van der Waals surface area contributed by atoms with Gasteiger partial charge < -0.3 is 14.0 Å². The molecule has 0 aliphatic heterocycles. The zero-order valence-corrected chi connectivity index (χ0v) is 19.8. The Morgan fingerprint density at radius 2 is 1.67 bits per heavy atom. The van der Waals surface area contributed by atoms with Gasteiger partial charge in [0.05, 0.1) is 24.6 Å². The smallest absolute Gasteiger partial charge is 0.273 e. The number of hydrogen-bond acceptors (Lipinski definition) is 4. The Labute approximate surface area is 209 Å². The molecule has 0 saturated heterocycles. The minimum absolute atomic E-state index is 0.295. The van der Waals surface area contributed by atoms with E-state index in [0.717, 1.165) is 22.2 Å². The molecule has 178 valence electrons. The summed E-state index contributed by atoms with van der Waals surface area (Å²) in [7, 11) is 1.61. The molecule has 1 amide bonds. The number of rotatable bonds is 8. The molecule has 0 spiro atoms. The summed E-state index contributed by atoms with van der Waals surface area (Å²) in [5.41, 5.74) is 5.78. The van der Waals surface area contributed by atoms with E-state index in [0.29, 0.717) is 23.7 Å². The van der Waals surface area contributed by atoms with Crippen molar-refractivity contribution in [3.05, 3.63) is 126 Å². The minimum Gasteiger partial charge on any atom is -0.493 e. The van der Waals surface area contributed by atoms with E-state index >= 15 is 0 Å². The van der Waals surface area contributed by atoms with Crippen molar-refractivity contribution >= 4 is 22.9 Å². The second kappa shape index (κ2) is 10.6. The zero-order chi connectivity index (χ0) is 24.7. The van der Waals surface area contributed by atoms with Gasteiger partial charge in [0.2, 0.25) is 0 Å². The normalized spacial score (nSPS) is 11.0. The summed E-state index contributed by atoms with van der Waals surface area (Å²) in [5.74, 6) is 0.923. The first-order chi connectivity index (χ1) is 17.7. The SMILES string of the molecule is COc1ccc(/C=N\NC(=O)c2ccccc2-n2cccc2)cc1OCc1cccc2ccccc12. The van der Waals surface area contributed by atoms with Gasteiger partial charge >= 0.3 is 0 Å². The fraction of sp³-hybridized carbons (Fsp3) is 0.0667. The predicted octanol–water partition coefficient (Wildman–Crippen LogP) is 5.98. The third-order valence-corrected chi connectivity index (χ3v) is 5.86. The molecule has 4 aromatic carbocycles. The van der Waals surface area contributed by atoms with Crippen LogP contribution in [0.4, 0.5) is 0 Å². The van der Waals surface area contributed by atoms with Crippen LogP contribution in [-0.4, -0.2) is 23.8 Å². The Balaban J connectivity index is 1.30. The third kappa shape index (κ3) is 4.98. The molecule has 0 aliphatic rings. The number of aromatic nitrogens is 1. The summed E-state index contributed by atoms with van der Waals surface area (Å²) in [6.45, 7) is 0.394. The number of fused-ring (bicyclic) bond motifs is 1. The number of hydrogen-bond donors (Lipinski definition) is 1. The van der Waals surface area contributed by atoms with Gasteiger partial charge in [0.25, 0.3) is 5.91 Å². The number of methoxy groups -OCH3 is 1. The maximum Gasteiger partial charge on any atom is 0.273 e. The highest BCUT2D eigenvalue weighted by atomic mass is 16.5. The number of hydrazone groups is 1. The average molecular weight is 476 g/mol. The van der Waals surface area contributed by atoms with Gasteiger partial charge in [-0.1, -0.05) is 54.6 Å². The van der Waals surface area contributed by atoms with E-state index in [2.05, 4.69) is 34.8 Å². The molecule has 0 unspecified atom stereocenters. The van der Waals surface area contributed by atoms with Crippen molar-refractivity contribution in [2.75, 3.05) is 7.11 Å². The lowest BCUT2D eigenvalue weighted by atomic mass is 10.1. The number of nitrogens with one attached hydrogen (secondary N) is 1. The van der Waals surface area contributed by atoms with Crippen LogP contribution >= 0.6 is 0 Å². The van der Waals surface area contributed by atoms with Gasteiger partial charge in [-0.3, -0.25) is 4.79 Å². The van der Waals surface area contributed by atoms with Crippen molar-refractivity contribution in [3.8, 4) is 17.2 Å². The van der Waals surface area contributed by atoms with E-state index in [1.165, 1.54) is 5.39 Å². The van der Waals surface area contributed by atoms with Gasteiger partial charge in [0.15, 0.2) is 11.5 Å². The Hall–Kier alpha value is -4.84. The van der Waals surface area contributed by atoms with Crippen molar-refractivity contribution in [2.24, 2.45) is 5.10 Å². The lowest BCUT2D eigenvalue weighted by Crippen LogP contribution is -2.19. The van der Waals surface area contributed by atoms with Crippen molar-refractivity contribution in [1.82, 2.24) is 9.99 Å². The van der Waals surface area contributed by atoms with Gasteiger partial charge in [-0.15, -0.1) is 0 Å². The van der Waals surface area contributed by atoms with Crippen LogP contribution < -0.4 is 14.9 Å². The molecule has 0 aliphatic carbocycles. The van der Waals surface area contributed by atoms with Crippen LogP contribution in [0.15, 0.2) is 115 Å². The van der Waals surface area contributed by atoms with Gasteiger partial charge in [0.1, 0.15) is 6.61 Å². The molecular formula is C30H25N3O3. The lowest BCUT2D eigenvalue weighted by Gasteiger charge is -2.13. The molecule has 5 rings (SSSR count). The largest absolute Gasteiger partial charge is 0.493 e. The van der Waals surface area contributed by atoms with E-state index < -0.39 is 0 Å². The van der Waals surface area contributed by atoms with E-state index in [4.69, 9.17) is 9.47 Å². The van der Waals surface area contributed by atoms with E-state index in [1.807, 2.05) is 83.7 Å². The monoisotopic (exact) mass is 475 g/mol. The van der Waals surface area contributed by atoms with Crippen LogP contribution in [0.25, 0.3) is 16.5 Å². The maximum atomic E-state index is 12.8. The number of ether oxygens (including phenoxy) is 2. The topological polar surface area (TPSA) is 64.8 Å². The molecule has 6 heteroatoms. The Morgan fingerprint density at radius 1 is 0.889 bits per heavy atom. The number of para-hydroxylation sites is 1. The summed E-state index contributed by atoms with van der Waals surface area (Å²) < 4.78 is 13.5. The Morgan fingerprint density at radius 3 is 2.53 bits per heavy atom. The minimum atomic E-state index is -0.295. The van der Waals surface area contributed by atoms with Crippen LogP contribution in [0.2, 0.25) is 0 Å². The zero-order valence-electron chi connectivity index (χ0n) is 19.8. The van der Waals surface area contributed by atoms with Crippen LogP contribution in [0, 0.1) is 0 Å². The van der Waals surface area contributed by atoms with Crippen LogP contribution in [-0.2, 0) is 6.61 Å². The summed E-state index contributed by atoms with van der Waals surface area (Å²) in [6, 6.07) is 31.1. The lowest BCUT2D eigenvalue weighted by molar-refractivity contribution is 0.0955. The van der Waals surface area contributed by atoms with Gasteiger partial charge in [-0.25, -0.2) is 5.43 Å². The second-order valence-corrected chi connectivity index (χ2v) is 8.14. The maximum absolute atomic E-state index is 12.8. The number of nitrogens with zero attached hydrogens (tertiary/aromatic N) is 2. The molecule has 0 fully saturated rings.